The van der Waals surface area contributed by atoms with Crippen molar-refractivity contribution in [2.24, 2.45) is 0 Å². The van der Waals surface area contributed by atoms with Crippen molar-refractivity contribution in [2.75, 3.05) is 0 Å². The third-order valence-corrected chi connectivity index (χ3v) is 2.64. The SMILES string of the molecule is CCc1cc(C)cc(CI)c1. The summed E-state index contributed by atoms with van der Waals surface area (Å²) in [5, 5.41) is 0. The molecule has 0 amide bonds. The van der Waals surface area contributed by atoms with Gasteiger partial charge in [0.05, 0.1) is 0 Å². The predicted molar refractivity (Wildman–Crippen MR) is 58.3 cm³/mol. The monoisotopic (exact) mass is 260 g/mol. The van der Waals surface area contributed by atoms with Gasteiger partial charge in [-0.1, -0.05) is 53.3 Å². The van der Waals surface area contributed by atoms with Crippen LogP contribution in [0.5, 0.6) is 0 Å². The zero-order valence-electron chi connectivity index (χ0n) is 7.02. The molecule has 0 saturated carbocycles. The van der Waals surface area contributed by atoms with Crippen LogP contribution >= 0.6 is 22.6 Å². The lowest BCUT2D eigenvalue weighted by Gasteiger charge is -2.02. The fraction of sp³-hybridized carbons (Fsp3) is 0.400. The highest BCUT2D eigenvalue weighted by molar-refractivity contribution is 14.1. The van der Waals surface area contributed by atoms with Crippen LogP contribution < -0.4 is 0 Å². The molecule has 1 aromatic rings. The zero-order chi connectivity index (χ0) is 8.27. The van der Waals surface area contributed by atoms with Gasteiger partial charge in [-0.15, -0.1) is 0 Å². The van der Waals surface area contributed by atoms with Gasteiger partial charge < -0.3 is 0 Å². The van der Waals surface area contributed by atoms with Gasteiger partial charge in [-0.3, -0.25) is 0 Å². The lowest BCUT2D eigenvalue weighted by molar-refractivity contribution is 1.12. The van der Waals surface area contributed by atoms with E-state index in [1.807, 2.05) is 0 Å². The van der Waals surface area contributed by atoms with Gasteiger partial charge in [0.1, 0.15) is 0 Å². The van der Waals surface area contributed by atoms with E-state index in [4.69, 9.17) is 0 Å². The van der Waals surface area contributed by atoms with Gasteiger partial charge >= 0.3 is 0 Å². The zero-order valence-corrected chi connectivity index (χ0v) is 9.18. The number of aryl methyl sites for hydroxylation is 2. The average Bonchev–Trinajstić information content (AvgIpc) is 2.03. The van der Waals surface area contributed by atoms with Crippen LogP contribution in [0, 0.1) is 6.92 Å². The standard InChI is InChI=1S/C10H13I/c1-3-9-4-8(2)5-10(6-9)7-11/h4-6H,3,7H2,1-2H3. The van der Waals surface area contributed by atoms with Gasteiger partial charge in [0, 0.05) is 4.43 Å². The highest BCUT2D eigenvalue weighted by Gasteiger charge is 1.94. The van der Waals surface area contributed by atoms with Crippen LogP contribution in [-0.4, -0.2) is 0 Å². The Morgan fingerprint density at radius 1 is 1.18 bits per heavy atom. The number of halogens is 1. The molecule has 0 heterocycles. The number of alkyl halides is 1. The molecule has 0 N–H and O–H groups in total. The summed E-state index contributed by atoms with van der Waals surface area (Å²) in [6.07, 6.45) is 1.14. The molecular weight excluding hydrogens is 247 g/mol. The van der Waals surface area contributed by atoms with Crippen LogP contribution in [0.25, 0.3) is 0 Å². The van der Waals surface area contributed by atoms with Crippen LogP contribution in [0.4, 0.5) is 0 Å². The minimum absolute atomic E-state index is 1.12. The molecule has 11 heavy (non-hydrogen) atoms. The van der Waals surface area contributed by atoms with Crippen molar-refractivity contribution < 1.29 is 0 Å². The van der Waals surface area contributed by atoms with E-state index in [2.05, 4.69) is 54.6 Å². The van der Waals surface area contributed by atoms with Crippen molar-refractivity contribution in [2.45, 2.75) is 24.7 Å². The number of benzene rings is 1. The Morgan fingerprint density at radius 3 is 2.36 bits per heavy atom. The van der Waals surface area contributed by atoms with E-state index in [-0.39, 0.29) is 0 Å². The first-order valence-corrected chi connectivity index (χ1v) is 5.44. The Labute approximate surface area is 82.2 Å². The van der Waals surface area contributed by atoms with Crippen LogP contribution in [0.3, 0.4) is 0 Å². The fourth-order valence-electron chi connectivity index (χ4n) is 1.23. The summed E-state index contributed by atoms with van der Waals surface area (Å²) in [5.41, 5.74) is 4.29. The van der Waals surface area contributed by atoms with Crippen molar-refractivity contribution >= 4 is 22.6 Å². The molecule has 0 aliphatic heterocycles. The number of hydrogen-bond donors (Lipinski definition) is 0. The van der Waals surface area contributed by atoms with E-state index in [1.165, 1.54) is 16.7 Å². The Kier molecular flexibility index (Phi) is 3.37. The summed E-state index contributed by atoms with van der Waals surface area (Å²) in [5.74, 6) is 0. The van der Waals surface area contributed by atoms with E-state index in [1.54, 1.807) is 0 Å². The van der Waals surface area contributed by atoms with E-state index in [0.717, 1.165) is 10.8 Å². The molecule has 0 atom stereocenters. The molecular formula is C10H13I. The number of hydrogen-bond acceptors (Lipinski definition) is 0. The first kappa shape index (κ1) is 9.04. The number of rotatable bonds is 2. The van der Waals surface area contributed by atoms with Crippen LogP contribution in [-0.2, 0) is 10.8 Å². The molecule has 0 spiro atoms. The second-order valence-electron chi connectivity index (χ2n) is 2.81. The molecule has 0 nitrogen and oxygen atoms in total. The van der Waals surface area contributed by atoms with Crippen LogP contribution in [0.15, 0.2) is 18.2 Å². The summed E-state index contributed by atoms with van der Waals surface area (Å²) in [4.78, 5) is 0. The molecule has 0 fully saturated rings. The van der Waals surface area contributed by atoms with E-state index < -0.39 is 0 Å². The minimum Gasteiger partial charge on any atom is -0.0812 e. The summed E-state index contributed by atoms with van der Waals surface area (Å²) >= 11 is 2.40. The molecule has 1 aromatic carbocycles. The molecule has 0 aromatic heterocycles. The lowest BCUT2D eigenvalue weighted by Crippen LogP contribution is -1.86. The Balaban J connectivity index is 3.02. The third kappa shape index (κ3) is 2.47. The van der Waals surface area contributed by atoms with Gasteiger partial charge in [0.25, 0.3) is 0 Å². The van der Waals surface area contributed by atoms with E-state index in [0.29, 0.717) is 0 Å². The molecule has 0 saturated heterocycles. The topological polar surface area (TPSA) is 0 Å². The smallest absolute Gasteiger partial charge is 0.0247 e. The molecule has 1 rings (SSSR count). The third-order valence-electron chi connectivity index (χ3n) is 1.76. The first-order valence-electron chi connectivity index (χ1n) is 3.91. The maximum Gasteiger partial charge on any atom is 0.0247 e. The van der Waals surface area contributed by atoms with Gasteiger partial charge in [0.2, 0.25) is 0 Å². The van der Waals surface area contributed by atoms with Crippen molar-refractivity contribution in [1.82, 2.24) is 0 Å². The maximum absolute atomic E-state index is 2.40. The van der Waals surface area contributed by atoms with Gasteiger partial charge in [-0.25, -0.2) is 0 Å². The Morgan fingerprint density at radius 2 is 1.82 bits per heavy atom. The first-order chi connectivity index (χ1) is 5.26. The summed E-state index contributed by atoms with van der Waals surface area (Å²) in [6.45, 7) is 4.36. The average molecular weight is 260 g/mol. The Hall–Kier alpha value is -0.0500. The summed E-state index contributed by atoms with van der Waals surface area (Å²) < 4.78 is 1.12. The van der Waals surface area contributed by atoms with Gasteiger partial charge in [-0.05, 0) is 24.5 Å². The normalized spacial score (nSPS) is 10.1. The van der Waals surface area contributed by atoms with Crippen LogP contribution in [0.1, 0.15) is 23.6 Å². The second-order valence-corrected chi connectivity index (χ2v) is 3.58. The fourth-order valence-corrected chi connectivity index (χ4v) is 1.67. The van der Waals surface area contributed by atoms with E-state index in [9.17, 15) is 0 Å². The Bertz CT molecular complexity index is 218. The molecule has 0 unspecified atom stereocenters. The largest absolute Gasteiger partial charge is 0.0812 e. The quantitative estimate of drug-likeness (QED) is 0.564. The molecule has 0 bridgehead atoms. The van der Waals surface area contributed by atoms with Crippen molar-refractivity contribution in [3.05, 3.63) is 34.9 Å². The molecule has 1 heteroatoms. The summed E-state index contributed by atoms with van der Waals surface area (Å²) in [6, 6.07) is 6.81. The van der Waals surface area contributed by atoms with Gasteiger partial charge in [-0.2, -0.15) is 0 Å². The maximum atomic E-state index is 2.40. The molecule has 0 aliphatic carbocycles. The molecule has 60 valence electrons. The van der Waals surface area contributed by atoms with Crippen molar-refractivity contribution in [3.63, 3.8) is 0 Å². The van der Waals surface area contributed by atoms with Crippen LogP contribution in [0.2, 0.25) is 0 Å². The van der Waals surface area contributed by atoms with Crippen molar-refractivity contribution in [1.29, 1.82) is 0 Å². The van der Waals surface area contributed by atoms with Gasteiger partial charge in [0.15, 0.2) is 0 Å². The predicted octanol–water partition coefficient (Wildman–Crippen LogP) is 3.49. The highest BCUT2D eigenvalue weighted by Crippen LogP contribution is 2.12. The lowest BCUT2D eigenvalue weighted by atomic mass is 10.1. The molecule has 0 radical (unpaired) electrons. The van der Waals surface area contributed by atoms with Crippen molar-refractivity contribution in [3.8, 4) is 0 Å². The highest BCUT2D eigenvalue weighted by atomic mass is 127. The van der Waals surface area contributed by atoms with E-state index >= 15 is 0 Å². The second kappa shape index (κ2) is 4.10. The summed E-state index contributed by atoms with van der Waals surface area (Å²) in [7, 11) is 0. The minimum atomic E-state index is 1.12. The molecule has 0 aliphatic rings.